The molecule has 1 rings (SSSR count). The maximum Gasteiger partial charge on any atom is 0.326 e. The van der Waals surface area contributed by atoms with Gasteiger partial charge in [-0.15, -0.1) is 0 Å². The van der Waals surface area contributed by atoms with Gasteiger partial charge in [0.1, 0.15) is 11.8 Å². The van der Waals surface area contributed by atoms with Crippen LogP contribution in [0.5, 0.6) is 5.75 Å². The molecule has 1 aromatic rings. The van der Waals surface area contributed by atoms with Gasteiger partial charge in [-0.1, -0.05) is 25.1 Å². The average Bonchev–Trinajstić information content (AvgIpc) is 2.38. The number of carbonyl (C=O) groups is 2. The topological polar surface area (TPSA) is 66.8 Å². The molecule has 0 aromatic heterocycles. The van der Waals surface area contributed by atoms with Crippen molar-refractivity contribution < 1.29 is 19.4 Å². The predicted molar refractivity (Wildman–Crippen MR) is 75.9 cm³/mol. The van der Waals surface area contributed by atoms with Gasteiger partial charge in [-0.05, 0) is 31.4 Å². The lowest BCUT2D eigenvalue weighted by atomic mass is 10.1. The molecule has 0 aliphatic heterocycles. The number of hydrogen-bond donors (Lipinski definition) is 1. The predicted octanol–water partition coefficient (Wildman–Crippen LogP) is 2.00. The summed E-state index contributed by atoms with van der Waals surface area (Å²) >= 11 is 0. The van der Waals surface area contributed by atoms with E-state index >= 15 is 0 Å². The zero-order chi connectivity index (χ0) is 15.3. The zero-order valence-electron chi connectivity index (χ0n) is 12.3. The third kappa shape index (κ3) is 3.73. The monoisotopic (exact) mass is 279 g/mol. The van der Waals surface area contributed by atoms with Crippen molar-refractivity contribution >= 4 is 11.9 Å². The van der Waals surface area contributed by atoms with Crippen molar-refractivity contribution in [1.82, 2.24) is 4.90 Å². The first-order chi connectivity index (χ1) is 9.38. The van der Waals surface area contributed by atoms with Crippen molar-refractivity contribution in [2.75, 3.05) is 13.7 Å². The van der Waals surface area contributed by atoms with E-state index in [9.17, 15) is 9.59 Å². The Morgan fingerprint density at radius 2 is 1.85 bits per heavy atom. The number of ether oxygens (including phenoxy) is 1. The second kappa shape index (κ2) is 6.93. The lowest BCUT2D eigenvalue weighted by Crippen LogP contribution is -2.44. The van der Waals surface area contributed by atoms with Crippen LogP contribution < -0.4 is 4.74 Å². The molecule has 0 fully saturated rings. The van der Waals surface area contributed by atoms with Gasteiger partial charge in [0.2, 0.25) is 0 Å². The van der Waals surface area contributed by atoms with Crippen LogP contribution in [0, 0.1) is 13.8 Å². The molecule has 0 spiro atoms. The van der Waals surface area contributed by atoms with Crippen LogP contribution in [-0.2, 0) is 9.59 Å². The standard InChI is InChI=1S/C15H21NO4/c1-5-12(15(18)19)16(4)13(17)9-20-14-10(2)7-6-8-11(14)3/h6-8,12H,5,9H2,1-4H3,(H,18,19). The number of likely N-dealkylation sites (N-methyl/N-ethyl adjacent to an activating group) is 1. The molecule has 0 bridgehead atoms. The number of benzene rings is 1. The van der Waals surface area contributed by atoms with Crippen LogP contribution in [0.25, 0.3) is 0 Å². The molecular weight excluding hydrogens is 258 g/mol. The molecule has 5 heteroatoms. The van der Waals surface area contributed by atoms with Gasteiger partial charge in [0.15, 0.2) is 6.61 Å². The first-order valence-corrected chi connectivity index (χ1v) is 6.56. The molecule has 0 radical (unpaired) electrons. The molecule has 0 heterocycles. The highest BCUT2D eigenvalue weighted by Gasteiger charge is 2.25. The van der Waals surface area contributed by atoms with E-state index in [1.54, 1.807) is 6.92 Å². The molecule has 1 aromatic carbocycles. The van der Waals surface area contributed by atoms with Gasteiger partial charge in [-0.25, -0.2) is 4.79 Å². The molecule has 20 heavy (non-hydrogen) atoms. The summed E-state index contributed by atoms with van der Waals surface area (Å²) < 4.78 is 5.54. The number of nitrogens with zero attached hydrogens (tertiary/aromatic N) is 1. The number of carboxylic acids is 1. The highest BCUT2D eigenvalue weighted by Crippen LogP contribution is 2.22. The number of aryl methyl sites for hydroxylation is 2. The van der Waals surface area contributed by atoms with Crippen LogP contribution in [0.4, 0.5) is 0 Å². The van der Waals surface area contributed by atoms with Gasteiger partial charge in [0, 0.05) is 7.05 Å². The van der Waals surface area contributed by atoms with Crippen LogP contribution in [-0.4, -0.2) is 41.6 Å². The van der Waals surface area contributed by atoms with Gasteiger partial charge in [-0.2, -0.15) is 0 Å². The maximum atomic E-state index is 12.0. The van der Waals surface area contributed by atoms with Gasteiger partial charge in [-0.3, -0.25) is 4.79 Å². The van der Waals surface area contributed by atoms with E-state index < -0.39 is 12.0 Å². The summed E-state index contributed by atoms with van der Waals surface area (Å²) in [7, 11) is 1.48. The number of carboxylic acid groups (broad SMARTS) is 1. The van der Waals surface area contributed by atoms with Crippen molar-refractivity contribution in [3.63, 3.8) is 0 Å². The SMILES string of the molecule is CCC(C(=O)O)N(C)C(=O)COc1c(C)cccc1C. The number of aliphatic carboxylic acids is 1. The van der Waals surface area contributed by atoms with Gasteiger partial charge >= 0.3 is 5.97 Å². The maximum absolute atomic E-state index is 12.0. The minimum atomic E-state index is -1.00. The minimum Gasteiger partial charge on any atom is -0.483 e. The van der Waals surface area contributed by atoms with Crippen molar-refractivity contribution in [2.45, 2.75) is 33.2 Å². The highest BCUT2D eigenvalue weighted by molar-refractivity contribution is 5.84. The van der Waals surface area contributed by atoms with Crippen LogP contribution in [0.2, 0.25) is 0 Å². The average molecular weight is 279 g/mol. The Morgan fingerprint density at radius 3 is 2.30 bits per heavy atom. The van der Waals surface area contributed by atoms with Crippen LogP contribution in [0.3, 0.4) is 0 Å². The van der Waals surface area contributed by atoms with Gasteiger partial charge in [0.05, 0.1) is 0 Å². The van der Waals surface area contributed by atoms with E-state index in [1.165, 1.54) is 11.9 Å². The number of hydrogen-bond acceptors (Lipinski definition) is 3. The minimum absolute atomic E-state index is 0.161. The molecular formula is C15H21NO4. The summed E-state index contributed by atoms with van der Waals surface area (Å²) in [4.78, 5) is 24.2. The Labute approximate surface area is 119 Å². The Morgan fingerprint density at radius 1 is 1.30 bits per heavy atom. The molecule has 1 N–H and O–H groups in total. The molecule has 1 atom stereocenters. The Balaban J connectivity index is 2.70. The Bertz CT molecular complexity index is 478. The van der Waals surface area contributed by atoms with E-state index in [4.69, 9.17) is 9.84 Å². The Kier molecular flexibility index (Phi) is 5.55. The quantitative estimate of drug-likeness (QED) is 0.865. The molecule has 1 unspecified atom stereocenters. The molecule has 0 aliphatic carbocycles. The van der Waals surface area contributed by atoms with Crippen molar-refractivity contribution in [2.24, 2.45) is 0 Å². The van der Waals surface area contributed by atoms with E-state index in [1.807, 2.05) is 32.0 Å². The highest BCUT2D eigenvalue weighted by atomic mass is 16.5. The summed E-state index contributed by atoms with van der Waals surface area (Å²) in [6.07, 6.45) is 0.362. The normalized spacial score (nSPS) is 11.8. The Hall–Kier alpha value is -2.04. The molecule has 0 saturated carbocycles. The lowest BCUT2D eigenvalue weighted by Gasteiger charge is -2.24. The fraction of sp³-hybridized carbons (Fsp3) is 0.467. The van der Waals surface area contributed by atoms with E-state index in [-0.39, 0.29) is 12.5 Å². The van der Waals surface area contributed by atoms with Crippen LogP contribution in [0.1, 0.15) is 24.5 Å². The number of rotatable bonds is 6. The van der Waals surface area contributed by atoms with Crippen LogP contribution >= 0.6 is 0 Å². The molecule has 1 amide bonds. The second-order valence-electron chi connectivity index (χ2n) is 4.78. The third-order valence-corrected chi connectivity index (χ3v) is 3.28. The van der Waals surface area contributed by atoms with E-state index in [0.717, 1.165) is 11.1 Å². The second-order valence-corrected chi connectivity index (χ2v) is 4.78. The van der Waals surface area contributed by atoms with E-state index in [2.05, 4.69) is 0 Å². The number of amides is 1. The fourth-order valence-electron chi connectivity index (χ4n) is 2.05. The number of carbonyl (C=O) groups excluding carboxylic acids is 1. The summed E-state index contributed by atoms with van der Waals surface area (Å²) in [5, 5.41) is 9.03. The van der Waals surface area contributed by atoms with Crippen molar-refractivity contribution in [1.29, 1.82) is 0 Å². The first kappa shape index (κ1) is 16.0. The van der Waals surface area contributed by atoms with Crippen molar-refractivity contribution in [3.8, 4) is 5.75 Å². The molecule has 0 saturated heterocycles. The largest absolute Gasteiger partial charge is 0.483 e. The summed E-state index contributed by atoms with van der Waals surface area (Å²) in [6.45, 7) is 5.38. The zero-order valence-corrected chi connectivity index (χ0v) is 12.3. The third-order valence-electron chi connectivity index (χ3n) is 3.28. The first-order valence-electron chi connectivity index (χ1n) is 6.56. The van der Waals surface area contributed by atoms with Gasteiger partial charge in [0.25, 0.3) is 5.91 Å². The fourth-order valence-corrected chi connectivity index (χ4v) is 2.05. The smallest absolute Gasteiger partial charge is 0.326 e. The van der Waals surface area contributed by atoms with Gasteiger partial charge < -0.3 is 14.7 Å². The lowest BCUT2D eigenvalue weighted by molar-refractivity contribution is -0.149. The van der Waals surface area contributed by atoms with Crippen LogP contribution in [0.15, 0.2) is 18.2 Å². The summed E-state index contributed by atoms with van der Waals surface area (Å²) in [5.41, 5.74) is 1.90. The molecule has 110 valence electrons. The summed E-state index contributed by atoms with van der Waals surface area (Å²) in [6, 6.07) is 4.91. The number of para-hydroxylation sites is 1. The molecule has 0 aliphatic rings. The van der Waals surface area contributed by atoms with Crippen molar-refractivity contribution in [3.05, 3.63) is 29.3 Å². The van der Waals surface area contributed by atoms with E-state index in [0.29, 0.717) is 12.2 Å². The summed E-state index contributed by atoms with van der Waals surface area (Å²) in [5.74, 6) is -0.671. The molecule has 5 nitrogen and oxygen atoms in total.